The molecule has 6 aromatic rings. The fourth-order valence-corrected chi connectivity index (χ4v) is 9.37. The molecule has 6 rings (SSSR count). The Balaban J connectivity index is 0.000000211. The lowest BCUT2D eigenvalue weighted by molar-refractivity contribution is -0.137. The lowest BCUT2D eigenvalue weighted by Gasteiger charge is -2.36. The van der Waals surface area contributed by atoms with Crippen molar-refractivity contribution in [2.24, 2.45) is 11.5 Å². The number of ether oxygens (including phenoxy) is 2. The molecule has 9 heteroatoms. The van der Waals surface area contributed by atoms with Gasteiger partial charge < -0.3 is 31.2 Å². The fourth-order valence-electron chi connectivity index (χ4n) is 6.41. The smallest absolute Gasteiger partial charge is 0.321 e. The molecule has 0 bridgehead atoms. The summed E-state index contributed by atoms with van der Waals surface area (Å²) in [5, 5.41) is 18.8. The van der Waals surface area contributed by atoms with Crippen LogP contribution in [0.25, 0.3) is 0 Å². The molecular formula is C46H48N2O5S2. The van der Waals surface area contributed by atoms with Crippen LogP contribution in [-0.2, 0) is 14.3 Å². The number of thioether (sulfide) groups is 2. The highest BCUT2D eigenvalue weighted by Crippen LogP contribution is 2.50. The second-order valence-electron chi connectivity index (χ2n) is 12.8. The number of aliphatic hydroxyl groups is 1. The Morgan fingerprint density at radius 1 is 0.527 bits per heavy atom. The van der Waals surface area contributed by atoms with Gasteiger partial charge in [-0.05, 0) is 57.6 Å². The Hall–Kier alpha value is -5.03. The molecule has 7 nitrogen and oxygen atoms in total. The average Bonchev–Trinajstić information content (AvgIpc) is 3.26. The number of nitrogens with two attached hydrogens (primary N) is 2. The second kappa shape index (κ2) is 20.0. The molecule has 6 N–H and O–H groups in total. The molecular weight excluding hydrogens is 725 g/mol. The van der Waals surface area contributed by atoms with Gasteiger partial charge in [0.2, 0.25) is 0 Å². The number of benzene rings is 6. The molecule has 0 unspecified atom stereocenters. The van der Waals surface area contributed by atoms with E-state index in [1.54, 1.807) is 26.0 Å². The van der Waals surface area contributed by atoms with E-state index in [0.29, 0.717) is 5.75 Å². The van der Waals surface area contributed by atoms with Crippen LogP contribution in [0.1, 0.15) is 33.4 Å². The molecule has 284 valence electrons. The summed E-state index contributed by atoms with van der Waals surface area (Å²) < 4.78 is 9.64. The van der Waals surface area contributed by atoms with Crippen molar-refractivity contribution in [3.63, 3.8) is 0 Å². The number of carboxylic acids is 1. The van der Waals surface area contributed by atoms with Gasteiger partial charge in [0.25, 0.3) is 0 Å². The third-order valence-corrected chi connectivity index (χ3v) is 12.7. The van der Waals surface area contributed by atoms with Crippen LogP contribution < -0.4 is 20.9 Å². The normalized spacial score (nSPS) is 12.5. The van der Waals surface area contributed by atoms with Crippen molar-refractivity contribution in [1.82, 2.24) is 0 Å². The zero-order chi connectivity index (χ0) is 39.1. The first-order chi connectivity index (χ1) is 26.8. The molecule has 0 aliphatic heterocycles. The summed E-state index contributed by atoms with van der Waals surface area (Å²) in [6.45, 7) is -0.0325. The van der Waals surface area contributed by atoms with E-state index in [4.69, 9.17) is 20.9 Å². The van der Waals surface area contributed by atoms with Gasteiger partial charge >= 0.3 is 5.97 Å². The van der Waals surface area contributed by atoms with Crippen LogP contribution in [0.5, 0.6) is 11.5 Å². The molecule has 6 aromatic carbocycles. The van der Waals surface area contributed by atoms with E-state index in [0.717, 1.165) is 33.8 Å². The topological polar surface area (TPSA) is 128 Å². The maximum atomic E-state index is 11.4. The molecule has 55 heavy (non-hydrogen) atoms. The lowest BCUT2D eigenvalue weighted by atomic mass is 9.84. The van der Waals surface area contributed by atoms with Gasteiger partial charge in [-0.3, -0.25) is 4.79 Å². The molecule has 0 aliphatic carbocycles. The van der Waals surface area contributed by atoms with E-state index in [-0.39, 0.29) is 18.4 Å². The van der Waals surface area contributed by atoms with E-state index in [1.807, 2.05) is 84.9 Å². The van der Waals surface area contributed by atoms with Crippen LogP contribution >= 0.6 is 23.5 Å². The van der Waals surface area contributed by atoms with E-state index >= 15 is 0 Å². The number of aliphatic carboxylic acids is 1. The zero-order valence-corrected chi connectivity index (χ0v) is 32.7. The Bertz CT molecular complexity index is 1940. The first-order valence-electron chi connectivity index (χ1n) is 17.9. The molecule has 2 atom stereocenters. The van der Waals surface area contributed by atoms with Crippen LogP contribution in [-0.4, -0.2) is 60.6 Å². The fraction of sp³-hybridized carbons (Fsp3) is 0.196. The number of carboxylic acid groups (broad SMARTS) is 1. The quantitative estimate of drug-likeness (QED) is 0.0721. The molecule has 0 aromatic heterocycles. The van der Waals surface area contributed by atoms with Gasteiger partial charge in [-0.1, -0.05) is 146 Å². The molecule has 0 saturated carbocycles. The summed E-state index contributed by atoms with van der Waals surface area (Å²) in [6, 6.07) is 55.9. The minimum absolute atomic E-state index is 0.0325. The van der Waals surface area contributed by atoms with Gasteiger partial charge in [0, 0.05) is 17.5 Å². The van der Waals surface area contributed by atoms with Crippen molar-refractivity contribution in [2.45, 2.75) is 21.6 Å². The van der Waals surface area contributed by atoms with Crippen molar-refractivity contribution in [3.05, 3.63) is 203 Å². The van der Waals surface area contributed by atoms with Gasteiger partial charge in [0.15, 0.2) is 0 Å². The molecule has 0 spiro atoms. The molecule has 0 radical (unpaired) electrons. The van der Waals surface area contributed by atoms with Gasteiger partial charge in [-0.15, -0.1) is 23.5 Å². The molecule has 0 heterocycles. The first-order valence-corrected chi connectivity index (χ1v) is 19.9. The van der Waals surface area contributed by atoms with Crippen molar-refractivity contribution in [2.75, 3.05) is 32.3 Å². The number of hydrogen-bond acceptors (Lipinski definition) is 8. The van der Waals surface area contributed by atoms with E-state index in [1.165, 1.54) is 22.9 Å². The van der Waals surface area contributed by atoms with Gasteiger partial charge in [0.05, 0.1) is 30.3 Å². The highest BCUT2D eigenvalue weighted by atomic mass is 32.2. The maximum Gasteiger partial charge on any atom is 0.321 e. The SMILES string of the molecule is COc1ccc(C(SC[C@H](N)C(=O)O)(c2ccccc2)c2ccccc2)cc1.COc1ccc(C(SC[C@H](N)CO)(c2ccccc2)c2ccccc2)cc1. The summed E-state index contributed by atoms with van der Waals surface area (Å²) >= 11 is 3.28. The lowest BCUT2D eigenvalue weighted by Crippen LogP contribution is -2.36. The zero-order valence-electron chi connectivity index (χ0n) is 31.0. The van der Waals surface area contributed by atoms with Crippen LogP contribution in [0.15, 0.2) is 170 Å². The van der Waals surface area contributed by atoms with E-state index < -0.39 is 21.5 Å². The standard InChI is InChI=1S/C23H23NO3S.C23H25NO2S/c1-27-20-14-12-19(13-15-20)23(17-8-4-2-5-9-17,18-10-6-3-7-11-18)28-16-21(24)22(25)26;1-26-22-14-12-20(13-15-22)23(27-17-21(24)16-25,18-8-4-2-5-9-18)19-10-6-3-7-11-19/h2-15,21H,16,24H2,1H3,(H,25,26);2-15,21,25H,16-17,24H2,1H3/t2*21-/m01/s1. The highest BCUT2D eigenvalue weighted by molar-refractivity contribution is 8.01. The number of hydrogen-bond donors (Lipinski definition) is 4. The summed E-state index contributed by atoms with van der Waals surface area (Å²) in [7, 11) is 3.31. The van der Waals surface area contributed by atoms with Crippen molar-refractivity contribution in [1.29, 1.82) is 0 Å². The Morgan fingerprint density at radius 2 is 0.818 bits per heavy atom. The average molecular weight is 773 g/mol. The van der Waals surface area contributed by atoms with Crippen LogP contribution in [0, 0.1) is 0 Å². The molecule has 0 saturated heterocycles. The second-order valence-corrected chi connectivity index (χ2v) is 15.3. The summed E-state index contributed by atoms with van der Waals surface area (Å²) in [5.41, 5.74) is 18.6. The summed E-state index contributed by atoms with van der Waals surface area (Å²) in [4.78, 5) is 11.4. The van der Waals surface area contributed by atoms with Crippen molar-refractivity contribution >= 4 is 29.5 Å². The van der Waals surface area contributed by atoms with E-state index in [9.17, 15) is 15.0 Å². The first kappa shape index (κ1) is 41.1. The Morgan fingerprint density at radius 3 is 1.09 bits per heavy atom. The number of rotatable bonds is 16. The summed E-state index contributed by atoms with van der Waals surface area (Å²) in [6.07, 6.45) is 0. The van der Waals surface area contributed by atoms with Crippen LogP contribution in [0.4, 0.5) is 0 Å². The third kappa shape index (κ3) is 9.80. The number of carbonyl (C=O) groups is 1. The molecule has 0 amide bonds. The number of aliphatic hydroxyl groups excluding tert-OH is 1. The maximum absolute atomic E-state index is 11.4. The minimum Gasteiger partial charge on any atom is -0.497 e. The van der Waals surface area contributed by atoms with E-state index in [2.05, 4.69) is 84.9 Å². The predicted molar refractivity (Wildman–Crippen MR) is 227 cm³/mol. The van der Waals surface area contributed by atoms with Crippen molar-refractivity contribution < 1.29 is 24.5 Å². The molecule has 0 aliphatic rings. The predicted octanol–water partition coefficient (Wildman–Crippen LogP) is 8.17. The van der Waals surface area contributed by atoms with Crippen LogP contribution in [0.2, 0.25) is 0 Å². The Kier molecular flexibility index (Phi) is 15.0. The van der Waals surface area contributed by atoms with Crippen molar-refractivity contribution in [3.8, 4) is 11.5 Å². The van der Waals surface area contributed by atoms with Gasteiger partial charge in [-0.25, -0.2) is 0 Å². The number of methoxy groups -OCH3 is 2. The highest BCUT2D eigenvalue weighted by Gasteiger charge is 2.39. The van der Waals surface area contributed by atoms with Gasteiger partial charge in [-0.2, -0.15) is 0 Å². The van der Waals surface area contributed by atoms with Crippen LogP contribution in [0.3, 0.4) is 0 Å². The monoisotopic (exact) mass is 772 g/mol. The Labute approximate surface area is 332 Å². The van der Waals surface area contributed by atoms with Gasteiger partial charge in [0.1, 0.15) is 17.5 Å². The largest absolute Gasteiger partial charge is 0.497 e. The molecule has 0 fully saturated rings. The summed E-state index contributed by atoms with van der Waals surface area (Å²) in [5.74, 6) is 1.49. The minimum atomic E-state index is -1.00. The third-order valence-electron chi connectivity index (χ3n) is 9.26.